The fraction of sp³-hybridized carbons (Fsp3) is 0.0714. The standard InChI is InChI=1S/C17H13FN4OS.C9H8N4OS.2CH3.Sn/c18-11-7-5-10(6-8-11)15(21-22-17(19)24)9-13-12-3-1-2-4-14(12)20-16(13)23;10-9(15)13-12-7-5-3-1-2-4-6(5)11-8(7)14;;;/h1-9,20,23H,(H2,19,24);1-4,11,14H,(H2,10,15);2*1H3;/q;;;;+2/p-2/b15-9-,22-21?;;;;. The number of nitrogens with two attached hydrogens (primary N) is 2. The number of fused-ring (bicyclic) bond motifs is 2. The molecule has 0 aliphatic rings. The first-order chi connectivity index (χ1) is 20.1. The summed E-state index contributed by atoms with van der Waals surface area (Å²) in [5, 5.41) is 39.8. The Kier molecular flexibility index (Phi) is 12.1. The van der Waals surface area contributed by atoms with E-state index in [1.165, 1.54) is 12.1 Å². The van der Waals surface area contributed by atoms with Crippen molar-refractivity contribution >= 4 is 95.1 Å². The van der Waals surface area contributed by atoms with E-state index in [4.69, 9.17) is 23.7 Å². The van der Waals surface area contributed by atoms with Crippen LogP contribution in [0.4, 0.5) is 10.1 Å². The number of hydrogen-bond donors (Lipinski definition) is 4. The van der Waals surface area contributed by atoms with E-state index in [0.717, 1.165) is 16.4 Å². The van der Waals surface area contributed by atoms with E-state index < -0.39 is 0 Å². The number of azo groups is 2. The van der Waals surface area contributed by atoms with E-state index in [9.17, 15) is 14.6 Å². The van der Waals surface area contributed by atoms with E-state index in [0.29, 0.717) is 22.2 Å². The maximum absolute atomic E-state index is 13.1. The van der Waals surface area contributed by atoms with Crippen molar-refractivity contribution in [3.8, 4) is 11.8 Å². The number of nitrogens with zero attached hydrogens (tertiary/aromatic N) is 4. The molecule has 0 spiro atoms. The molecule has 0 radical (unpaired) electrons. The average molecular weight is 707 g/mol. The Balaban J connectivity index is 0.000000230. The second kappa shape index (κ2) is 15.7. The number of nitrogens with one attached hydrogen (secondary N) is 2. The van der Waals surface area contributed by atoms with Gasteiger partial charge in [-0.2, -0.15) is 0 Å². The molecular formula is C28H25FN8O2S2Sn. The molecular weight excluding hydrogens is 682 g/mol. The molecule has 5 aromatic rings. The van der Waals surface area contributed by atoms with E-state index in [1.807, 2.05) is 36.4 Å². The van der Waals surface area contributed by atoms with Gasteiger partial charge < -0.3 is 31.6 Å². The zero-order chi connectivity index (χ0) is 30.6. The molecule has 0 saturated carbocycles. The summed E-state index contributed by atoms with van der Waals surface area (Å²) in [6.45, 7) is 0. The molecule has 0 amide bonds. The number of H-pyrrole nitrogens is 2. The zero-order valence-corrected chi connectivity index (χ0v) is 26.9. The summed E-state index contributed by atoms with van der Waals surface area (Å²) >= 11 is 9.47. The van der Waals surface area contributed by atoms with Gasteiger partial charge in [-0.05, 0) is 84.2 Å². The third-order valence-corrected chi connectivity index (χ3v) is 5.44. The van der Waals surface area contributed by atoms with Gasteiger partial charge in [0.2, 0.25) is 10.2 Å². The molecule has 2 aromatic heterocycles. The maximum atomic E-state index is 13.1. The number of hydrogen-bond acceptors (Lipinski definition) is 6. The van der Waals surface area contributed by atoms with Crippen LogP contribution >= 0.6 is 24.4 Å². The van der Waals surface area contributed by atoms with Gasteiger partial charge in [-0.15, -0.1) is 20.5 Å². The molecule has 0 saturated heterocycles. The van der Waals surface area contributed by atoms with Crippen LogP contribution in [0.1, 0.15) is 11.1 Å². The third-order valence-electron chi connectivity index (χ3n) is 5.28. The molecule has 3 aromatic carbocycles. The van der Waals surface area contributed by atoms with Gasteiger partial charge in [0.1, 0.15) is 11.5 Å². The third kappa shape index (κ3) is 8.89. The summed E-state index contributed by atoms with van der Waals surface area (Å²) in [6, 6.07) is 20.2. The molecule has 0 aliphatic heterocycles. The topological polar surface area (TPSA) is 179 Å². The summed E-state index contributed by atoms with van der Waals surface area (Å²) < 4.78 is 13.1. The predicted molar refractivity (Wildman–Crippen MR) is 170 cm³/mol. The molecule has 14 heteroatoms. The molecule has 5 rings (SSSR count). The summed E-state index contributed by atoms with van der Waals surface area (Å²) in [5.74, 6) is -0.918. The van der Waals surface area contributed by atoms with Gasteiger partial charge in [-0.1, -0.05) is 36.4 Å². The molecule has 0 atom stereocenters. The Morgan fingerprint density at radius 2 is 1.31 bits per heavy atom. The molecule has 10 nitrogen and oxygen atoms in total. The van der Waals surface area contributed by atoms with E-state index in [2.05, 4.69) is 52.5 Å². The van der Waals surface area contributed by atoms with Crippen molar-refractivity contribution in [3.05, 3.63) is 89.7 Å². The van der Waals surface area contributed by atoms with Crippen LogP contribution in [0.5, 0.6) is 11.8 Å². The molecule has 0 aliphatic carbocycles. The number of benzene rings is 3. The van der Waals surface area contributed by atoms with E-state index in [1.54, 1.807) is 30.3 Å². The molecule has 0 unspecified atom stereocenters. The number of aromatic nitrogens is 2. The van der Waals surface area contributed by atoms with Gasteiger partial charge in [0.25, 0.3) is 0 Å². The molecule has 6 N–H and O–H groups in total. The minimum absolute atomic E-state index is 0.0975. The van der Waals surface area contributed by atoms with E-state index >= 15 is 0 Å². The fourth-order valence-electron chi connectivity index (χ4n) is 3.61. The number of aromatic amines is 2. The van der Waals surface area contributed by atoms with Gasteiger partial charge in [-0.25, -0.2) is 4.39 Å². The van der Waals surface area contributed by atoms with Crippen LogP contribution < -0.4 is 21.7 Å². The number of rotatable bonds is 4. The predicted octanol–water partition coefficient (Wildman–Crippen LogP) is 5.93. The molecule has 2 heterocycles. The van der Waals surface area contributed by atoms with Crippen molar-refractivity contribution in [2.45, 2.75) is 9.88 Å². The zero-order valence-electron chi connectivity index (χ0n) is 22.5. The number of halogens is 1. The molecule has 212 valence electrons. The van der Waals surface area contributed by atoms with Crippen molar-refractivity contribution in [1.29, 1.82) is 0 Å². The Morgan fingerprint density at radius 1 is 0.786 bits per heavy atom. The Hall–Kier alpha value is -4.21. The van der Waals surface area contributed by atoms with Crippen LogP contribution in [-0.2, 0) is 0 Å². The van der Waals surface area contributed by atoms with Crippen LogP contribution in [0, 0.1) is 5.82 Å². The first-order valence-corrected chi connectivity index (χ1v) is 18.7. The Morgan fingerprint density at radius 3 is 1.90 bits per heavy atom. The van der Waals surface area contributed by atoms with Crippen molar-refractivity contribution in [2.75, 3.05) is 0 Å². The average Bonchev–Trinajstić information content (AvgIpc) is 3.45. The van der Waals surface area contributed by atoms with Gasteiger partial charge in [-0.3, -0.25) is 0 Å². The van der Waals surface area contributed by atoms with Gasteiger partial charge >= 0.3 is 31.0 Å². The molecule has 42 heavy (non-hydrogen) atoms. The van der Waals surface area contributed by atoms with Crippen molar-refractivity contribution in [1.82, 2.24) is 9.97 Å². The van der Waals surface area contributed by atoms with Crippen LogP contribution in [0.3, 0.4) is 0 Å². The van der Waals surface area contributed by atoms with Gasteiger partial charge in [0, 0.05) is 27.4 Å². The summed E-state index contributed by atoms with van der Waals surface area (Å²) in [7, 11) is 0. The monoisotopic (exact) mass is 708 g/mol. The number of thiocarbonyl (C=S) groups is 2. The van der Waals surface area contributed by atoms with Crippen LogP contribution in [-0.4, -0.2) is 41.3 Å². The minimum atomic E-state index is -0.374. The quantitative estimate of drug-likeness (QED) is 0.102. The number of para-hydroxylation sites is 2. The summed E-state index contributed by atoms with van der Waals surface area (Å²) in [5.41, 5.74) is 13.6. The van der Waals surface area contributed by atoms with Crippen LogP contribution in [0.25, 0.3) is 33.6 Å². The van der Waals surface area contributed by atoms with Gasteiger partial charge in [0.15, 0.2) is 0 Å². The summed E-state index contributed by atoms with van der Waals surface area (Å²) in [6.07, 6.45) is 1.58. The molecule has 0 fully saturated rings. The van der Waals surface area contributed by atoms with Crippen molar-refractivity contribution < 1.29 is 14.6 Å². The summed E-state index contributed by atoms with van der Waals surface area (Å²) in [4.78, 5) is 10.0. The van der Waals surface area contributed by atoms with Crippen molar-refractivity contribution in [2.24, 2.45) is 31.9 Å². The fourth-order valence-corrected chi connectivity index (χ4v) is 3.70. The van der Waals surface area contributed by atoms with Crippen LogP contribution in [0.15, 0.2) is 93.3 Å². The Bertz CT molecular complexity index is 1780. The SMILES string of the molecule is NC(=S)N=N/C(=C\c1c([O-])[nH]c2ccccc12)c1ccc(F)cc1.NC(=S)N=Nc1c([O-])[nH]c2ccccc12.[CH3][Sn+2][CH3]. The van der Waals surface area contributed by atoms with Crippen LogP contribution in [0.2, 0.25) is 9.88 Å². The second-order valence-electron chi connectivity index (χ2n) is 8.37. The second-order valence-corrected chi connectivity index (χ2v) is 12.1. The molecule has 0 bridgehead atoms. The first-order valence-electron chi connectivity index (χ1n) is 12.2. The van der Waals surface area contributed by atoms with Crippen molar-refractivity contribution in [3.63, 3.8) is 0 Å². The van der Waals surface area contributed by atoms with E-state index in [-0.39, 0.29) is 54.6 Å². The van der Waals surface area contributed by atoms with Gasteiger partial charge in [0.05, 0.1) is 5.70 Å². The normalized spacial score (nSPS) is 11.2. The Labute approximate surface area is 261 Å². The first kappa shape index (κ1) is 32.3.